The van der Waals surface area contributed by atoms with Crippen LogP contribution in [-0.2, 0) is 16.6 Å². The first kappa shape index (κ1) is 16.4. The molecule has 1 atom stereocenters. The van der Waals surface area contributed by atoms with Crippen LogP contribution in [0.15, 0.2) is 17.0 Å². The number of likely N-dealkylation sites (N-methyl/N-ethyl adjacent to an activating group) is 1. The van der Waals surface area contributed by atoms with Gasteiger partial charge in [-0.1, -0.05) is 6.07 Å². The van der Waals surface area contributed by atoms with E-state index in [1.807, 2.05) is 20.0 Å². The molecule has 118 valence electrons. The molecule has 1 saturated heterocycles. The number of benzene rings is 1. The molecule has 5 nitrogen and oxygen atoms in total. The average molecular weight is 312 g/mol. The van der Waals surface area contributed by atoms with Gasteiger partial charge < -0.3 is 10.0 Å². The lowest BCUT2D eigenvalue weighted by atomic mass is 10.1. The second-order valence-corrected chi connectivity index (χ2v) is 7.56. The van der Waals surface area contributed by atoms with Crippen LogP contribution in [0, 0.1) is 13.8 Å². The van der Waals surface area contributed by atoms with Crippen LogP contribution in [0.3, 0.4) is 0 Å². The maximum Gasteiger partial charge on any atom is 0.240 e. The molecule has 1 fully saturated rings. The van der Waals surface area contributed by atoms with E-state index in [0.29, 0.717) is 12.1 Å². The summed E-state index contributed by atoms with van der Waals surface area (Å²) in [5, 5.41) is 9.26. The van der Waals surface area contributed by atoms with Crippen molar-refractivity contribution < 1.29 is 13.5 Å². The molecule has 1 aliphatic heterocycles. The summed E-state index contributed by atoms with van der Waals surface area (Å²) >= 11 is 0. The zero-order valence-electron chi connectivity index (χ0n) is 12.9. The molecular weight excluding hydrogens is 288 g/mol. The number of aliphatic hydroxyl groups excluding tert-OH is 1. The zero-order valence-corrected chi connectivity index (χ0v) is 13.7. The normalized spacial score (nSPS) is 20.1. The third-order valence-corrected chi connectivity index (χ3v) is 5.88. The SMILES string of the molecule is Cc1cc(CO)cc(S(=O)(=O)NCC2CCCN2C)c1C. The summed E-state index contributed by atoms with van der Waals surface area (Å²) in [6.07, 6.45) is 2.13. The van der Waals surface area contributed by atoms with Crippen molar-refractivity contribution in [3.05, 3.63) is 28.8 Å². The summed E-state index contributed by atoms with van der Waals surface area (Å²) in [5.74, 6) is 0. The fourth-order valence-corrected chi connectivity index (χ4v) is 4.23. The van der Waals surface area contributed by atoms with E-state index in [0.717, 1.165) is 30.5 Å². The summed E-state index contributed by atoms with van der Waals surface area (Å²) in [6, 6.07) is 3.64. The maximum atomic E-state index is 12.5. The molecule has 0 amide bonds. The molecule has 21 heavy (non-hydrogen) atoms. The summed E-state index contributed by atoms with van der Waals surface area (Å²) in [7, 11) is -1.52. The largest absolute Gasteiger partial charge is 0.392 e. The standard InChI is InChI=1S/C15H24N2O3S/c1-11-7-13(10-18)8-15(12(11)2)21(19,20)16-9-14-5-4-6-17(14)3/h7-8,14,16,18H,4-6,9-10H2,1-3H3. The van der Waals surface area contributed by atoms with Gasteiger partial charge in [-0.3, -0.25) is 0 Å². The maximum absolute atomic E-state index is 12.5. The summed E-state index contributed by atoms with van der Waals surface area (Å²) in [4.78, 5) is 2.46. The molecule has 2 rings (SSSR count). The Kier molecular flexibility index (Phi) is 5.03. The summed E-state index contributed by atoms with van der Waals surface area (Å²) in [6.45, 7) is 4.95. The Morgan fingerprint density at radius 1 is 1.38 bits per heavy atom. The Labute approximate surface area is 127 Å². The quantitative estimate of drug-likeness (QED) is 0.856. The Bertz CT molecular complexity index is 614. The van der Waals surface area contributed by atoms with Gasteiger partial charge in [-0.2, -0.15) is 0 Å². The molecule has 1 heterocycles. The van der Waals surface area contributed by atoms with Gasteiger partial charge in [0.05, 0.1) is 11.5 Å². The van der Waals surface area contributed by atoms with Crippen molar-refractivity contribution in [2.75, 3.05) is 20.1 Å². The van der Waals surface area contributed by atoms with Gasteiger partial charge in [-0.15, -0.1) is 0 Å². The van der Waals surface area contributed by atoms with E-state index in [9.17, 15) is 13.5 Å². The first-order valence-corrected chi connectivity index (χ1v) is 8.74. The number of nitrogens with one attached hydrogen (secondary N) is 1. The van der Waals surface area contributed by atoms with Crippen molar-refractivity contribution >= 4 is 10.0 Å². The lowest BCUT2D eigenvalue weighted by Gasteiger charge is -2.20. The highest BCUT2D eigenvalue weighted by Crippen LogP contribution is 2.22. The monoisotopic (exact) mass is 312 g/mol. The van der Waals surface area contributed by atoms with Gasteiger partial charge in [0.1, 0.15) is 0 Å². The van der Waals surface area contributed by atoms with Crippen molar-refractivity contribution in [3.63, 3.8) is 0 Å². The van der Waals surface area contributed by atoms with E-state index in [1.54, 1.807) is 13.0 Å². The topological polar surface area (TPSA) is 69.6 Å². The first-order valence-electron chi connectivity index (χ1n) is 7.26. The van der Waals surface area contributed by atoms with Crippen LogP contribution in [0.25, 0.3) is 0 Å². The minimum atomic E-state index is -3.54. The second-order valence-electron chi connectivity index (χ2n) is 5.82. The number of hydrogen-bond acceptors (Lipinski definition) is 4. The highest BCUT2D eigenvalue weighted by atomic mass is 32.2. The molecule has 0 saturated carbocycles. The molecule has 0 spiro atoms. The Morgan fingerprint density at radius 2 is 2.10 bits per heavy atom. The van der Waals surface area contributed by atoms with Crippen molar-refractivity contribution in [3.8, 4) is 0 Å². The minimum Gasteiger partial charge on any atom is -0.392 e. The molecule has 6 heteroatoms. The van der Waals surface area contributed by atoms with Crippen LogP contribution in [-0.4, -0.2) is 44.6 Å². The summed E-state index contributed by atoms with van der Waals surface area (Å²) in [5.41, 5.74) is 2.23. The van der Waals surface area contributed by atoms with Crippen LogP contribution in [0.5, 0.6) is 0 Å². The lowest BCUT2D eigenvalue weighted by molar-refractivity contribution is 0.281. The van der Waals surface area contributed by atoms with Crippen LogP contribution < -0.4 is 4.72 Å². The number of likely N-dealkylation sites (tertiary alicyclic amines) is 1. The van der Waals surface area contributed by atoms with Gasteiger partial charge in [0, 0.05) is 12.6 Å². The number of hydrogen-bond donors (Lipinski definition) is 2. The molecule has 0 bridgehead atoms. The number of sulfonamides is 1. The smallest absolute Gasteiger partial charge is 0.240 e. The molecule has 0 aromatic heterocycles. The van der Waals surface area contributed by atoms with E-state index < -0.39 is 10.0 Å². The van der Waals surface area contributed by atoms with Gasteiger partial charge in [-0.05, 0) is 63.0 Å². The third kappa shape index (κ3) is 3.63. The molecule has 1 aromatic rings. The second kappa shape index (κ2) is 6.44. The summed E-state index contributed by atoms with van der Waals surface area (Å²) < 4.78 is 27.8. The predicted octanol–water partition coefficient (Wildman–Crippen LogP) is 1.17. The van der Waals surface area contributed by atoms with Crippen molar-refractivity contribution in [2.45, 2.75) is 44.2 Å². The van der Waals surface area contributed by atoms with Crippen molar-refractivity contribution in [2.24, 2.45) is 0 Å². The molecule has 1 unspecified atom stereocenters. The van der Waals surface area contributed by atoms with Crippen molar-refractivity contribution in [1.82, 2.24) is 9.62 Å². The van der Waals surface area contributed by atoms with Crippen LogP contribution in [0.2, 0.25) is 0 Å². The lowest BCUT2D eigenvalue weighted by Crippen LogP contribution is -2.38. The highest BCUT2D eigenvalue weighted by molar-refractivity contribution is 7.89. The fraction of sp³-hybridized carbons (Fsp3) is 0.600. The van der Waals surface area contributed by atoms with E-state index in [2.05, 4.69) is 9.62 Å². The van der Waals surface area contributed by atoms with Gasteiger partial charge in [0.15, 0.2) is 0 Å². The van der Waals surface area contributed by atoms with E-state index in [-0.39, 0.29) is 17.5 Å². The van der Waals surface area contributed by atoms with E-state index >= 15 is 0 Å². The minimum absolute atomic E-state index is 0.158. The Hall–Kier alpha value is -0.950. The molecule has 0 radical (unpaired) electrons. The molecular formula is C15H24N2O3S. The Morgan fingerprint density at radius 3 is 2.67 bits per heavy atom. The molecule has 1 aromatic carbocycles. The molecule has 1 aliphatic rings. The molecule has 2 N–H and O–H groups in total. The van der Waals surface area contributed by atoms with Crippen molar-refractivity contribution in [1.29, 1.82) is 0 Å². The van der Waals surface area contributed by atoms with Gasteiger partial charge in [-0.25, -0.2) is 13.1 Å². The van der Waals surface area contributed by atoms with E-state index in [1.165, 1.54) is 0 Å². The van der Waals surface area contributed by atoms with Crippen LogP contribution >= 0.6 is 0 Å². The van der Waals surface area contributed by atoms with Crippen LogP contribution in [0.4, 0.5) is 0 Å². The number of aryl methyl sites for hydroxylation is 1. The number of aliphatic hydroxyl groups is 1. The van der Waals surface area contributed by atoms with E-state index in [4.69, 9.17) is 0 Å². The number of rotatable bonds is 5. The third-order valence-electron chi connectivity index (χ3n) is 4.33. The van der Waals surface area contributed by atoms with Crippen LogP contribution in [0.1, 0.15) is 29.5 Å². The molecule has 0 aliphatic carbocycles. The number of nitrogens with zero attached hydrogens (tertiary/aromatic N) is 1. The van der Waals surface area contributed by atoms with Gasteiger partial charge in [0.2, 0.25) is 10.0 Å². The Balaban J connectivity index is 2.21. The first-order chi connectivity index (χ1) is 9.85. The van der Waals surface area contributed by atoms with Gasteiger partial charge >= 0.3 is 0 Å². The highest BCUT2D eigenvalue weighted by Gasteiger charge is 2.24. The van der Waals surface area contributed by atoms with Gasteiger partial charge in [0.25, 0.3) is 0 Å². The predicted molar refractivity (Wildman–Crippen MR) is 82.7 cm³/mol. The fourth-order valence-electron chi connectivity index (χ4n) is 2.79. The average Bonchev–Trinajstić information content (AvgIpc) is 2.84. The zero-order chi connectivity index (χ0) is 15.6.